The monoisotopic (exact) mass is 351 g/mol. The van der Waals surface area contributed by atoms with Crippen molar-refractivity contribution < 1.29 is 19.5 Å². The van der Waals surface area contributed by atoms with Gasteiger partial charge in [-0.1, -0.05) is 59.8 Å². The molecule has 0 aliphatic carbocycles. The van der Waals surface area contributed by atoms with E-state index in [2.05, 4.69) is 17.4 Å². The first-order valence-corrected chi connectivity index (χ1v) is 8.04. The SMILES string of the molecule is [CH2]C(NC(=O)O)(c1ccccc1)c1c(C)noc1-c1ccc(CO)cc1. The average molecular weight is 351 g/mol. The Balaban J connectivity index is 2.19. The van der Waals surface area contributed by atoms with Gasteiger partial charge >= 0.3 is 6.09 Å². The predicted octanol–water partition coefficient (Wildman–Crippen LogP) is 3.49. The fourth-order valence-corrected chi connectivity index (χ4v) is 3.02. The van der Waals surface area contributed by atoms with Crippen LogP contribution in [0.15, 0.2) is 59.1 Å². The number of nitrogens with zero attached hydrogens (tertiary/aromatic N) is 1. The zero-order valence-electron chi connectivity index (χ0n) is 14.3. The summed E-state index contributed by atoms with van der Waals surface area (Å²) in [5, 5.41) is 25.2. The van der Waals surface area contributed by atoms with Gasteiger partial charge in [0.1, 0.15) is 0 Å². The molecule has 1 heterocycles. The van der Waals surface area contributed by atoms with E-state index in [1.165, 1.54) is 0 Å². The number of hydrogen-bond donors (Lipinski definition) is 3. The summed E-state index contributed by atoms with van der Waals surface area (Å²) < 4.78 is 5.52. The molecule has 0 aliphatic rings. The molecule has 3 aromatic rings. The number of rotatable bonds is 5. The molecule has 0 spiro atoms. The first kappa shape index (κ1) is 17.7. The number of aliphatic hydroxyl groups excluding tert-OH is 1. The molecule has 3 N–H and O–H groups in total. The van der Waals surface area contributed by atoms with Gasteiger partial charge in [-0.3, -0.25) is 0 Å². The number of aryl methyl sites for hydroxylation is 1. The van der Waals surface area contributed by atoms with E-state index in [0.717, 1.165) is 5.56 Å². The second-order valence-electron chi connectivity index (χ2n) is 6.03. The van der Waals surface area contributed by atoms with Crippen LogP contribution in [0.4, 0.5) is 4.79 Å². The number of benzene rings is 2. The van der Waals surface area contributed by atoms with Crippen LogP contribution in [0.3, 0.4) is 0 Å². The van der Waals surface area contributed by atoms with E-state index >= 15 is 0 Å². The van der Waals surface area contributed by atoms with Crippen LogP contribution in [-0.2, 0) is 12.1 Å². The van der Waals surface area contributed by atoms with Crippen LogP contribution in [0.1, 0.15) is 22.4 Å². The van der Waals surface area contributed by atoms with Crippen LogP contribution in [-0.4, -0.2) is 21.5 Å². The Kier molecular flexibility index (Phi) is 4.77. The topological polar surface area (TPSA) is 95.6 Å². The van der Waals surface area contributed by atoms with Crippen LogP contribution in [0.25, 0.3) is 11.3 Å². The molecule has 1 amide bonds. The first-order valence-electron chi connectivity index (χ1n) is 8.04. The van der Waals surface area contributed by atoms with Crippen molar-refractivity contribution in [1.29, 1.82) is 0 Å². The van der Waals surface area contributed by atoms with Gasteiger partial charge in [0.05, 0.1) is 23.4 Å². The van der Waals surface area contributed by atoms with E-state index in [-0.39, 0.29) is 6.61 Å². The quantitative estimate of drug-likeness (QED) is 0.654. The van der Waals surface area contributed by atoms with Crippen molar-refractivity contribution in [2.24, 2.45) is 0 Å². The summed E-state index contributed by atoms with van der Waals surface area (Å²) in [6, 6.07) is 16.2. The molecule has 6 nitrogen and oxygen atoms in total. The van der Waals surface area contributed by atoms with Crippen molar-refractivity contribution in [2.75, 3.05) is 0 Å². The maximum absolute atomic E-state index is 11.5. The van der Waals surface area contributed by atoms with Gasteiger partial charge in [-0.2, -0.15) is 0 Å². The number of aliphatic hydroxyl groups is 1. The summed E-state index contributed by atoms with van der Waals surface area (Å²) in [5.41, 5.74) is 1.94. The molecular formula is C20H19N2O4. The van der Waals surface area contributed by atoms with Crippen molar-refractivity contribution in [1.82, 2.24) is 10.5 Å². The predicted molar refractivity (Wildman–Crippen MR) is 96.3 cm³/mol. The minimum Gasteiger partial charge on any atom is -0.465 e. The standard InChI is InChI=1S/C20H19N2O4/c1-13-17(18(26-22-13)15-10-8-14(12-23)9-11-15)20(2,21-19(24)25)16-6-4-3-5-7-16/h3-11,21,23H,2,12H2,1H3,(H,24,25). The van der Waals surface area contributed by atoms with Crippen LogP contribution < -0.4 is 5.32 Å². The van der Waals surface area contributed by atoms with E-state index in [1.54, 1.807) is 43.3 Å². The lowest BCUT2D eigenvalue weighted by molar-refractivity contribution is 0.187. The Bertz CT molecular complexity index is 903. The molecule has 1 unspecified atom stereocenters. The zero-order valence-corrected chi connectivity index (χ0v) is 14.3. The number of carboxylic acid groups (broad SMARTS) is 1. The van der Waals surface area contributed by atoms with Gasteiger partial charge in [0.2, 0.25) is 0 Å². The molecule has 1 atom stereocenters. The molecule has 1 aromatic heterocycles. The van der Waals surface area contributed by atoms with Crippen molar-refractivity contribution >= 4 is 6.09 Å². The van der Waals surface area contributed by atoms with Gasteiger partial charge in [-0.25, -0.2) is 4.79 Å². The van der Waals surface area contributed by atoms with Crippen molar-refractivity contribution in [3.63, 3.8) is 0 Å². The number of hydrogen-bond acceptors (Lipinski definition) is 4. The smallest absolute Gasteiger partial charge is 0.405 e. The van der Waals surface area contributed by atoms with E-state index in [9.17, 15) is 15.0 Å². The number of aromatic nitrogens is 1. The maximum atomic E-state index is 11.5. The second-order valence-corrected chi connectivity index (χ2v) is 6.03. The van der Waals surface area contributed by atoms with Gasteiger partial charge in [-0.05, 0) is 25.0 Å². The average Bonchev–Trinajstić information content (AvgIpc) is 3.04. The van der Waals surface area contributed by atoms with Crippen LogP contribution in [0.5, 0.6) is 0 Å². The van der Waals surface area contributed by atoms with Crippen LogP contribution in [0.2, 0.25) is 0 Å². The Morgan fingerprint density at radius 3 is 2.42 bits per heavy atom. The van der Waals surface area contributed by atoms with Crippen molar-refractivity contribution in [2.45, 2.75) is 19.1 Å². The highest BCUT2D eigenvalue weighted by atomic mass is 16.5. The molecular weight excluding hydrogens is 332 g/mol. The fraction of sp³-hybridized carbons (Fsp3) is 0.150. The van der Waals surface area contributed by atoms with E-state index < -0.39 is 11.6 Å². The molecule has 0 aliphatic heterocycles. The third-order valence-electron chi connectivity index (χ3n) is 4.28. The lowest BCUT2D eigenvalue weighted by Gasteiger charge is -2.30. The lowest BCUT2D eigenvalue weighted by atomic mass is 9.82. The van der Waals surface area contributed by atoms with Crippen molar-refractivity contribution in [3.05, 3.63) is 83.9 Å². The molecule has 0 bridgehead atoms. The van der Waals surface area contributed by atoms with Crippen LogP contribution in [0, 0.1) is 13.8 Å². The fourth-order valence-electron chi connectivity index (χ4n) is 3.02. The summed E-state index contributed by atoms with van der Waals surface area (Å²) in [5.74, 6) is 0.430. The second kappa shape index (κ2) is 7.01. The lowest BCUT2D eigenvalue weighted by Crippen LogP contribution is -2.44. The van der Waals surface area contributed by atoms with Crippen LogP contribution >= 0.6 is 0 Å². The molecule has 2 aromatic carbocycles. The summed E-state index contributed by atoms with van der Waals surface area (Å²) in [4.78, 5) is 11.5. The third-order valence-corrected chi connectivity index (χ3v) is 4.28. The molecule has 0 saturated carbocycles. The molecule has 26 heavy (non-hydrogen) atoms. The minimum absolute atomic E-state index is 0.0631. The summed E-state index contributed by atoms with van der Waals surface area (Å²) >= 11 is 0. The van der Waals surface area contributed by atoms with E-state index in [0.29, 0.717) is 28.1 Å². The summed E-state index contributed by atoms with van der Waals surface area (Å²) in [6.07, 6.45) is -1.20. The van der Waals surface area contributed by atoms with Crippen molar-refractivity contribution in [3.8, 4) is 11.3 Å². The van der Waals surface area contributed by atoms with E-state index in [4.69, 9.17) is 4.52 Å². The largest absolute Gasteiger partial charge is 0.465 e. The Morgan fingerprint density at radius 2 is 1.85 bits per heavy atom. The van der Waals surface area contributed by atoms with E-state index in [1.807, 2.05) is 18.2 Å². The Morgan fingerprint density at radius 1 is 1.19 bits per heavy atom. The minimum atomic E-state index is -1.29. The summed E-state index contributed by atoms with van der Waals surface area (Å²) in [6.45, 7) is 5.85. The molecule has 133 valence electrons. The van der Waals surface area contributed by atoms with Gasteiger partial charge in [0.25, 0.3) is 0 Å². The maximum Gasteiger partial charge on any atom is 0.405 e. The number of carbonyl (C=O) groups is 1. The molecule has 0 fully saturated rings. The molecule has 3 rings (SSSR count). The van der Waals surface area contributed by atoms with Gasteiger partial charge in [0, 0.05) is 5.56 Å². The van der Waals surface area contributed by atoms with Gasteiger partial charge in [-0.15, -0.1) is 0 Å². The normalized spacial score (nSPS) is 13.2. The molecule has 0 saturated heterocycles. The Labute approximate surface area is 151 Å². The first-order chi connectivity index (χ1) is 12.5. The number of amides is 1. The van der Waals surface area contributed by atoms with Gasteiger partial charge in [0.15, 0.2) is 5.76 Å². The number of nitrogens with one attached hydrogen (secondary N) is 1. The highest BCUT2D eigenvalue weighted by Crippen LogP contribution is 2.38. The highest BCUT2D eigenvalue weighted by Gasteiger charge is 2.37. The third kappa shape index (κ3) is 3.19. The van der Waals surface area contributed by atoms with Gasteiger partial charge < -0.3 is 20.1 Å². The Hall–Kier alpha value is -3.12. The summed E-state index contributed by atoms with van der Waals surface area (Å²) in [7, 11) is 0. The highest BCUT2D eigenvalue weighted by molar-refractivity contribution is 5.72. The molecule has 1 radical (unpaired) electrons. The molecule has 6 heteroatoms. The zero-order chi connectivity index (χ0) is 18.7.